The second kappa shape index (κ2) is 31.9. The van der Waals surface area contributed by atoms with E-state index in [0.717, 1.165) is 13.1 Å². The van der Waals surface area contributed by atoms with Crippen molar-refractivity contribution in [2.45, 2.75) is 187 Å². The SMILES string of the molecule is CCCCCCCCCCCCCCCCCCCCCCCCCCCCCCN(C)CCN. The van der Waals surface area contributed by atoms with Crippen molar-refractivity contribution in [1.29, 1.82) is 0 Å². The van der Waals surface area contributed by atoms with Crippen molar-refractivity contribution < 1.29 is 0 Å². The largest absolute Gasteiger partial charge is 0.329 e. The van der Waals surface area contributed by atoms with E-state index in [0.29, 0.717) is 0 Å². The van der Waals surface area contributed by atoms with E-state index >= 15 is 0 Å². The zero-order valence-electron chi connectivity index (χ0n) is 24.9. The first-order valence-electron chi connectivity index (χ1n) is 16.7. The van der Waals surface area contributed by atoms with Crippen molar-refractivity contribution in [3.8, 4) is 0 Å². The summed E-state index contributed by atoms with van der Waals surface area (Å²) in [5.41, 5.74) is 5.59. The normalized spacial score (nSPS) is 11.7. The minimum absolute atomic E-state index is 0.788. The summed E-state index contributed by atoms with van der Waals surface area (Å²) in [4.78, 5) is 2.36. The van der Waals surface area contributed by atoms with Crippen LogP contribution in [0.15, 0.2) is 0 Å². The van der Waals surface area contributed by atoms with Crippen LogP contribution in [-0.4, -0.2) is 31.6 Å². The molecule has 0 heterocycles. The molecule has 35 heavy (non-hydrogen) atoms. The summed E-state index contributed by atoms with van der Waals surface area (Å²) in [5, 5.41) is 0. The lowest BCUT2D eigenvalue weighted by Crippen LogP contribution is -2.26. The molecule has 0 bridgehead atoms. The molecular weight excluding hydrogens is 424 g/mol. The molecule has 0 spiro atoms. The molecule has 0 atom stereocenters. The molecule has 0 radical (unpaired) electrons. The standard InChI is InChI=1S/C33H70N2/c1-3-4-5-6-7-8-9-10-11-12-13-14-15-16-17-18-19-20-21-22-23-24-25-26-27-28-29-30-32-35(2)33-31-34/h3-34H2,1-2H3. The van der Waals surface area contributed by atoms with E-state index in [9.17, 15) is 0 Å². The maximum Gasteiger partial charge on any atom is 0.0102 e. The number of hydrogen-bond acceptors (Lipinski definition) is 2. The van der Waals surface area contributed by atoms with E-state index in [1.807, 2.05) is 0 Å². The Hall–Kier alpha value is -0.0800. The Labute approximate surface area is 224 Å². The molecule has 0 saturated heterocycles. The Balaban J connectivity index is 3.03. The van der Waals surface area contributed by atoms with Crippen LogP contribution in [0.5, 0.6) is 0 Å². The Morgan fingerprint density at radius 2 is 0.571 bits per heavy atom. The summed E-state index contributed by atoms with van der Waals surface area (Å²) in [7, 11) is 2.19. The minimum atomic E-state index is 0.788. The van der Waals surface area contributed by atoms with Gasteiger partial charge in [-0.25, -0.2) is 0 Å². The third-order valence-electron chi connectivity index (χ3n) is 7.90. The summed E-state index contributed by atoms with van der Waals surface area (Å²) in [6.45, 7) is 5.35. The van der Waals surface area contributed by atoms with Crippen LogP contribution in [-0.2, 0) is 0 Å². The number of nitrogens with two attached hydrogens (primary N) is 1. The summed E-state index contributed by atoms with van der Waals surface area (Å²) < 4.78 is 0. The van der Waals surface area contributed by atoms with Gasteiger partial charge in [-0.3, -0.25) is 0 Å². The zero-order chi connectivity index (χ0) is 25.5. The van der Waals surface area contributed by atoms with Crippen LogP contribution in [0, 0.1) is 0 Å². The Bertz CT molecular complexity index is 357. The summed E-state index contributed by atoms with van der Waals surface area (Å²) in [6, 6.07) is 0. The third kappa shape index (κ3) is 31.9. The van der Waals surface area contributed by atoms with Crippen molar-refractivity contribution in [2.75, 3.05) is 26.7 Å². The molecule has 0 aromatic heterocycles. The maximum absolute atomic E-state index is 5.59. The van der Waals surface area contributed by atoms with Gasteiger partial charge in [0.1, 0.15) is 0 Å². The molecule has 212 valence electrons. The van der Waals surface area contributed by atoms with E-state index in [2.05, 4.69) is 18.9 Å². The summed E-state index contributed by atoms with van der Waals surface area (Å²) in [6.07, 6.45) is 41.0. The van der Waals surface area contributed by atoms with E-state index in [-0.39, 0.29) is 0 Å². The van der Waals surface area contributed by atoms with Crippen LogP contribution in [0.3, 0.4) is 0 Å². The molecule has 0 saturated carbocycles. The molecule has 2 heteroatoms. The smallest absolute Gasteiger partial charge is 0.0102 e. The topological polar surface area (TPSA) is 29.3 Å². The van der Waals surface area contributed by atoms with Gasteiger partial charge in [-0.1, -0.05) is 180 Å². The van der Waals surface area contributed by atoms with Crippen molar-refractivity contribution in [3.05, 3.63) is 0 Å². The number of hydrogen-bond donors (Lipinski definition) is 1. The van der Waals surface area contributed by atoms with E-state index in [4.69, 9.17) is 5.73 Å². The average Bonchev–Trinajstić information content (AvgIpc) is 2.86. The lowest BCUT2D eigenvalue weighted by Gasteiger charge is -2.14. The molecule has 0 aromatic carbocycles. The summed E-state index contributed by atoms with van der Waals surface area (Å²) >= 11 is 0. The minimum Gasteiger partial charge on any atom is -0.329 e. The number of rotatable bonds is 31. The van der Waals surface area contributed by atoms with Gasteiger partial charge >= 0.3 is 0 Å². The van der Waals surface area contributed by atoms with E-state index in [1.54, 1.807) is 0 Å². The van der Waals surface area contributed by atoms with Crippen molar-refractivity contribution in [3.63, 3.8) is 0 Å². The van der Waals surface area contributed by atoms with Crippen LogP contribution in [0.1, 0.15) is 187 Å². The molecule has 0 fully saturated rings. The fourth-order valence-corrected chi connectivity index (χ4v) is 5.38. The molecule has 2 nitrogen and oxygen atoms in total. The van der Waals surface area contributed by atoms with Crippen LogP contribution in [0.4, 0.5) is 0 Å². The van der Waals surface area contributed by atoms with Gasteiger partial charge in [-0.2, -0.15) is 0 Å². The number of nitrogens with zero attached hydrogens (tertiary/aromatic N) is 1. The fraction of sp³-hybridized carbons (Fsp3) is 1.00. The molecular formula is C33H70N2. The number of likely N-dealkylation sites (N-methyl/N-ethyl adjacent to an activating group) is 1. The molecule has 0 unspecified atom stereocenters. The molecule has 0 amide bonds. The Kier molecular flexibility index (Phi) is 31.9. The first-order chi connectivity index (χ1) is 17.3. The van der Waals surface area contributed by atoms with Gasteiger partial charge in [0, 0.05) is 13.1 Å². The van der Waals surface area contributed by atoms with Gasteiger partial charge in [0.25, 0.3) is 0 Å². The first-order valence-corrected chi connectivity index (χ1v) is 16.7. The van der Waals surface area contributed by atoms with Crippen LogP contribution in [0.25, 0.3) is 0 Å². The number of unbranched alkanes of at least 4 members (excludes halogenated alkanes) is 27. The van der Waals surface area contributed by atoms with Crippen LogP contribution in [0.2, 0.25) is 0 Å². The zero-order valence-corrected chi connectivity index (χ0v) is 24.9. The van der Waals surface area contributed by atoms with E-state index in [1.165, 1.54) is 186 Å². The van der Waals surface area contributed by atoms with Gasteiger partial charge in [0.05, 0.1) is 0 Å². The lowest BCUT2D eigenvalue weighted by molar-refractivity contribution is 0.332. The van der Waals surface area contributed by atoms with Gasteiger partial charge < -0.3 is 10.6 Å². The molecule has 0 rings (SSSR count). The average molecular weight is 495 g/mol. The quantitative estimate of drug-likeness (QED) is 0.0971. The highest BCUT2D eigenvalue weighted by atomic mass is 15.1. The van der Waals surface area contributed by atoms with E-state index < -0.39 is 0 Å². The molecule has 0 aliphatic rings. The lowest BCUT2D eigenvalue weighted by atomic mass is 10.0. The maximum atomic E-state index is 5.59. The van der Waals surface area contributed by atoms with Crippen molar-refractivity contribution in [2.24, 2.45) is 5.73 Å². The molecule has 0 aromatic rings. The van der Waals surface area contributed by atoms with Gasteiger partial charge in [-0.05, 0) is 20.0 Å². The second-order valence-corrected chi connectivity index (χ2v) is 11.6. The van der Waals surface area contributed by atoms with Crippen LogP contribution >= 0.6 is 0 Å². The van der Waals surface area contributed by atoms with Crippen molar-refractivity contribution >= 4 is 0 Å². The Morgan fingerprint density at radius 1 is 0.343 bits per heavy atom. The predicted octanol–water partition coefficient (Wildman–Crippen LogP) is 10.8. The van der Waals surface area contributed by atoms with Crippen LogP contribution < -0.4 is 5.73 Å². The molecule has 0 aliphatic carbocycles. The van der Waals surface area contributed by atoms with Gasteiger partial charge in [0.15, 0.2) is 0 Å². The second-order valence-electron chi connectivity index (χ2n) is 11.6. The van der Waals surface area contributed by atoms with Gasteiger partial charge in [-0.15, -0.1) is 0 Å². The highest BCUT2D eigenvalue weighted by Crippen LogP contribution is 2.16. The highest BCUT2D eigenvalue weighted by Gasteiger charge is 1.98. The first kappa shape index (κ1) is 34.9. The third-order valence-corrected chi connectivity index (χ3v) is 7.90. The molecule has 2 N–H and O–H groups in total. The fourth-order valence-electron chi connectivity index (χ4n) is 5.38. The predicted molar refractivity (Wildman–Crippen MR) is 162 cm³/mol. The highest BCUT2D eigenvalue weighted by molar-refractivity contribution is 4.54. The van der Waals surface area contributed by atoms with Gasteiger partial charge in [0.2, 0.25) is 0 Å². The van der Waals surface area contributed by atoms with Crippen molar-refractivity contribution in [1.82, 2.24) is 4.90 Å². The monoisotopic (exact) mass is 495 g/mol. The Morgan fingerprint density at radius 3 is 0.800 bits per heavy atom. The molecule has 0 aliphatic heterocycles. The summed E-state index contributed by atoms with van der Waals surface area (Å²) in [5.74, 6) is 0.